The number of benzene rings is 1. The second kappa shape index (κ2) is 6.82. The number of nitrogens with one attached hydrogen (secondary N) is 1. The zero-order chi connectivity index (χ0) is 17.0. The Morgan fingerprint density at radius 3 is 2.74 bits per heavy atom. The second-order valence-corrected chi connectivity index (χ2v) is 4.71. The average Bonchev–Trinajstić information content (AvgIpc) is 2.53. The number of esters is 1. The van der Waals surface area contributed by atoms with Crippen LogP contribution in [0.1, 0.15) is 21.6 Å². The van der Waals surface area contributed by atoms with Crippen LogP contribution < -0.4 is 5.32 Å². The lowest BCUT2D eigenvalue weighted by Crippen LogP contribution is -2.07. The molecule has 0 aliphatic rings. The average molecular weight is 319 g/mol. The van der Waals surface area contributed by atoms with Crippen LogP contribution in [0.4, 0.5) is 15.9 Å². The summed E-state index contributed by atoms with van der Waals surface area (Å²) >= 11 is 0. The molecular weight excluding hydrogens is 305 g/mol. The first kappa shape index (κ1) is 16.3. The Balaban J connectivity index is 2.16. The normalized spacial score (nSPS) is 10.2. The molecule has 0 amide bonds. The van der Waals surface area contributed by atoms with E-state index in [9.17, 15) is 19.3 Å². The van der Waals surface area contributed by atoms with Gasteiger partial charge in [0.25, 0.3) is 5.69 Å². The van der Waals surface area contributed by atoms with Gasteiger partial charge in [-0.2, -0.15) is 0 Å². The van der Waals surface area contributed by atoms with Gasteiger partial charge in [0.1, 0.15) is 17.3 Å². The first-order chi connectivity index (χ1) is 10.9. The predicted octanol–water partition coefficient (Wildman–Crippen LogP) is 2.84. The number of rotatable bonds is 5. The van der Waals surface area contributed by atoms with Crippen LogP contribution in [0, 0.1) is 22.9 Å². The summed E-state index contributed by atoms with van der Waals surface area (Å²) in [6.45, 7) is 1.59. The van der Waals surface area contributed by atoms with Crippen LogP contribution in [-0.4, -0.2) is 23.0 Å². The Morgan fingerprint density at radius 1 is 1.39 bits per heavy atom. The molecule has 0 bridgehead atoms. The van der Waals surface area contributed by atoms with Gasteiger partial charge in [-0.3, -0.25) is 10.1 Å². The zero-order valence-corrected chi connectivity index (χ0v) is 12.5. The quantitative estimate of drug-likeness (QED) is 0.517. The van der Waals surface area contributed by atoms with E-state index in [1.54, 1.807) is 0 Å². The fourth-order valence-electron chi connectivity index (χ4n) is 1.99. The molecule has 0 aliphatic heterocycles. The molecule has 7 nitrogen and oxygen atoms in total. The SMILES string of the molecule is COC(=O)c1ccc(F)c(CNc2ccc([N+](=O)[O-])c(C)n2)c1. The fourth-order valence-corrected chi connectivity index (χ4v) is 1.99. The Morgan fingerprint density at radius 2 is 2.13 bits per heavy atom. The lowest BCUT2D eigenvalue weighted by Gasteiger charge is -2.09. The number of aromatic nitrogens is 1. The highest BCUT2D eigenvalue weighted by atomic mass is 19.1. The lowest BCUT2D eigenvalue weighted by atomic mass is 10.1. The van der Waals surface area contributed by atoms with Gasteiger partial charge in [0.2, 0.25) is 0 Å². The molecule has 1 aromatic heterocycles. The highest BCUT2D eigenvalue weighted by Gasteiger charge is 2.13. The van der Waals surface area contributed by atoms with Gasteiger partial charge in [0.15, 0.2) is 0 Å². The van der Waals surface area contributed by atoms with Crippen LogP contribution in [0.25, 0.3) is 0 Å². The van der Waals surface area contributed by atoms with Gasteiger partial charge in [-0.05, 0) is 31.2 Å². The monoisotopic (exact) mass is 319 g/mol. The van der Waals surface area contributed by atoms with E-state index in [1.165, 1.54) is 44.4 Å². The molecule has 0 spiro atoms. The number of anilines is 1. The molecule has 0 saturated heterocycles. The molecule has 23 heavy (non-hydrogen) atoms. The van der Waals surface area contributed by atoms with E-state index in [1.807, 2.05) is 0 Å². The van der Waals surface area contributed by atoms with Crippen LogP contribution >= 0.6 is 0 Å². The number of carbonyl (C=O) groups is 1. The molecule has 0 aliphatic carbocycles. The first-order valence-corrected chi connectivity index (χ1v) is 6.65. The molecule has 0 radical (unpaired) electrons. The molecule has 0 atom stereocenters. The van der Waals surface area contributed by atoms with Crippen LogP contribution in [0.2, 0.25) is 0 Å². The first-order valence-electron chi connectivity index (χ1n) is 6.65. The molecule has 0 fully saturated rings. The van der Waals surface area contributed by atoms with E-state index < -0.39 is 16.7 Å². The Bertz CT molecular complexity index is 764. The van der Waals surface area contributed by atoms with Crippen LogP contribution in [-0.2, 0) is 11.3 Å². The van der Waals surface area contributed by atoms with Crippen LogP contribution in [0.15, 0.2) is 30.3 Å². The Hall–Kier alpha value is -3.03. The minimum Gasteiger partial charge on any atom is -0.465 e. The molecule has 0 unspecified atom stereocenters. The van der Waals surface area contributed by atoms with Gasteiger partial charge < -0.3 is 10.1 Å². The smallest absolute Gasteiger partial charge is 0.337 e. The number of ether oxygens (including phenoxy) is 1. The summed E-state index contributed by atoms with van der Waals surface area (Å²) in [5.74, 6) is -0.671. The van der Waals surface area contributed by atoms with Gasteiger partial charge in [0.05, 0.1) is 17.6 Å². The largest absolute Gasteiger partial charge is 0.465 e. The van der Waals surface area contributed by atoms with Crippen LogP contribution in [0.3, 0.4) is 0 Å². The van der Waals surface area contributed by atoms with Crippen molar-refractivity contribution < 1.29 is 18.8 Å². The third kappa shape index (κ3) is 3.79. The Kier molecular flexibility index (Phi) is 4.85. The second-order valence-electron chi connectivity index (χ2n) is 4.71. The van der Waals surface area contributed by atoms with Crippen molar-refractivity contribution in [2.45, 2.75) is 13.5 Å². The summed E-state index contributed by atoms with van der Waals surface area (Å²) in [7, 11) is 1.24. The summed E-state index contributed by atoms with van der Waals surface area (Å²) in [6.07, 6.45) is 0. The van der Waals surface area contributed by atoms with Crippen molar-refractivity contribution in [3.63, 3.8) is 0 Å². The van der Waals surface area contributed by atoms with E-state index in [-0.39, 0.29) is 29.1 Å². The number of nitro groups is 1. The number of halogens is 1. The molecule has 2 rings (SSSR count). The molecule has 2 aromatic rings. The molecular formula is C15H14FN3O4. The number of pyridine rings is 1. The van der Waals surface area contributed by atoms with E-state index >= 15 is 0 Å². The highest BCUT2D eigenvalue weighted by molar-refractivity contribution is 5.89. The summed E-state index contributed by atoms with van der Waals surface area (Å²) in [6, 6.07) is 6.65. The van der Waals surface area contributed by atoms with E-state index in [0.717, 1.165) is 0 Å². The minimum atomic E-state index is -0.560. The molecule has 1 N–H and O–H groups in total. The Labute approximate surface area is 131 Å². The summed E-state index contributed by atoms with van der Waals surface area (Å²) in [5, 5.41) is 13.6. The van der Waals surface area contributed by atoms with E-state index in [0.29, 0.717) is 5.82 Å². The van der Waals surface area contributed by atoms with Crippen molar-refractivity contribution in [1.82, 2.24) is 4.98 Å². The standard InChI is InChI=1S/C15H14FN3O4/c1-9-13(19(21)22)5-6-14(18-9)17-8-11-7-10(15(20)23-2)3-4-12(11)16/h3-7H,8H2,1-2H3,(H,17,18). The van der Waals surface area contributed by atoms with E-state index in [2.05, 4.69) is 15.0 Å². The van der Waals surface area contributed by atoms with Crippen molar-refractivity contribution in [3.8, 4) is 0 Å². The number of nitrogens with zero attached hydrogens (tertiary/aromatic N) is 2. The van der Waals surface area contributed by atoms with Crippen molar-refractivity contribution in [3.05, 3.63) is 63.1 Å². The van der Waals surface area contributed by atoms with Gasteiger partial charge in [-0.15, -0.1) is 0 Å². The molecule has 1 aromatic carbocycles. The van der Waals surface area contributed by atoms with Gasteiger partial charge in [-0.1, -0.05) is 0 Å². The van der Waals surface area contributed by atoms with Crippen molar-refractivity contribution in [2.24, 2.45) is 0 Å². The van der Waals surface area contributed by atoms with E-state index in [4.69, 9.17) is 0 Å². The fraction of sp³-hybridized carbons (Fsp3) is 0.200. The summed E-state index contributed by atoms with van der Waals surface area (Å²) in [5.41, 5.74) is 0.655. The number of carbonyl (C=O) groups excluding carboxylic acids is 1. The topological polar surface area (TPSA) is 94.4 Å². The van der Waals surface area contributed by atoms with Crippen molar-refractivity contribution in [1.29, 1.82) is 0 Å². The van der Waals surface area contributed by atoms with Gasteiger partial charge >= 0.3 is 5.97 Å². The zero-order valence-electron chi connectivity index (χ0n) is 12.5. The summed E-state index contributed by atoms with van der Waals surface area (Å²) < 4.78 is 18.4. The third-order valence-corrected chi connectivity index (χ3v) is 3.18. The lowest BCUT2D eigenvalue weighted by molar-refractivity contribution is -0.385. The minimum absolute atomic E-state index is 0.0704. The predicted molar refractivity (Wildman–Crippen MR) is 80.7 cm³/mol. The van der Waals surface area contributed by atoms with Crippen molar-refractivity contribution in [2.75, 3.05) is 12.4 Å². The summed E-state index contributed by atoms with van der Waals surface area (Å²) in [4.78, 5) is 25.7. The maximum Gasteiger partial charge on any atom is 0.337 e. The number of methoxy groups -OCH3 is 1. The molecule has 8 heteroatoms. The molecule has 120 valence electrons. The maximum atomic E-state index is 13.8. The molecule has 0 saturated carbocycles. The number of hydrogen-bond donors (Lipinski definition) is 1. The van der Waals surface area contributed by atoms with Crippen LogP contribution in [0.5, 0.6) is 0 Å². The highest BCUT2D eigenvalue weighted by Crippen LogP contribution is 2.19. The number of aryl methyl sites for hydroxylation is 1. The van der Waals surface area contributed by atoms with Gasteiger partial charge in [-0.25, -0.2) is 14.2 Å². The third-order valence-electron chi connectivity index (χ3n) is 3.18. The van der Waals surface area contributed by atoms with Crippen molar-refractivity contribution >= 4 is 17.5 Å². The van der Waals surface area contributed by atoms with Gasteiger partial charge in [0, 0.05) is 18.2 Å². The maximum absolute atomic E-state index is 13.8. The number of hydrogen-bond acceptors (Lipinski definition) is 6. The molecule has 1 heterocycles.